The molecule has 1 aliphatic rings. The van der Waals surface area contributed by atoms with Crippen molar-refractivity contribution in [1.29, 1.82) is 5.26 Å². The molecule has 2 nitrogen and oxygen atoms in total. The first-order valence-electron chi connectivity index (χ1n) is 5.75. The summed E-state index contributed by atoms with van der Waals surface area (Å²) in [5.74, 6) is -1.62. The highest BCUT2D eigenvalue weighted by Gasteiger charge is 2.28. The standard InChI is InChI=1S/C13H14F2N2/c14-12-5-2-10(8-13(12)15)9-17(7-1-6-16)11-3-4-11/h2,5,8,11H,1,3-4,7,9H2. The lowest BCUT2D eigenvalue weighted by Crippen LogP contribution is -2.26. The SMILES string of the molecule is N#CCCN(Cc1ccc(F)c(F)c1)C1CC1. The fraction of sp³-hybridized carbons (Fsp3) is 0.462. The number of halogens is 2. The molecule has 0 radical (unpaired) electrons. The molecule has 4 heteroatoms. The Morgan fingerprint density at radius 3 is 2.65 bits per heavy atom. The monoisotopic (exact) mass is 236 g/mol. The average molecular weight is 236 g/mol. The van der Waals surface area contributed by atoms with Crippen LogP contribution in [0.2, 0.25) is 0 Å². The van der Waals surface area contributed by atoms with Gasteiger partial charge in [-0.15, -0.1) is 0 Å². The smallest absolute Gasteiger partial charge is 0.159 e. The van der Waals surface area contributed by atoms with Gasteiger partial charge in [-0.2, -0.15) is 5.26 Å². The molecule has 1 aromatic rings. The summed E-state index contributed by atoms with van der Waals surface area (Å²) >= 11 is 0. The molecule has 0 aromatic heterocycles. The van der Waals surface area contributed by atoms with Crippen LogP contribution in [0.15, 0.2) is 18.2 Å². The van der Waals surface area contributed by atoms with Gasteiger partial charge in [0.2, 0.25) is 0 Å². The normalized spacial score (nSPS) is 14.9. The van der Waals surface area contributed by atoms with Crippen molar-refractivity contribution in [3.8, 4) is 6.07 Å². The van der Waals surface area contributed by atoms with Gasteiger partial charge in [-0.3, -0.25) is 4.90 Å². The molecule has 0 bridgehead atoms. The Morgan fingerprint density at radius 2 is 2.06 bits per heavy atom. The zero-order chi connectivity index (χ0) is 12.3. The van der Waals surface area contributed by atoms with Gasteiger partial charge < -0.3 is 0 Å². The van der Waals surface area contributed by atoms with Crippen molar-refractivity contribution in [3.05, 3.63) is 35.4 Å². The summed E-state index contributed by atoms with van der Waals surface area (Å²) in [7, 11) is 0. The lowest BCUT2D eigenvalue weighted by atomic mass is 10.2. The maximum atomic E-state index is 13.1. The van der Waals surface area contributed by atoms with Crippen molar-refractivity contribution in [2.45, 2.75) is 31.8 Å². The molecule has 0 spiro atoms. The molecular weight excluding hydrogens is 222 g/mol. The van der Waals surface area contributed by atoms with Crippen molar-refractivity contribution < 1.29 is 8.78 Å². The highest BCUT2D eigenvalue weighted by atomic mass is 19.2. The lowest BCUT2D eigenvalue weighted by molar-refractivity contribution is 0.260. The summed E-state index contributed by atoms with van der Waals surface area (Å²) in [5, 5.41) is 8.58. The molecule has 17 heavy (non-hydrogen) atoms. The summed E-state index contributed by atoms with van der Waals surface area (Å²) in [4.78, 5) is 2.16. The summed E-state index contributed by atoms with van der Waals surface area (Å²) in [6.07, 6.45) is 2.74. The van der Waals surface area contributed by atoms with Crippen molar-refractivity contribution in [3.63, 3.8) is 0 Å². The number of rotatable bonds is 5. The zero-order valence-corrected chi connectivity index (χ0v) is 9.50. The van der Waals surface area contributed by atoms with Crippen LogP contribution in [0.5, 0.6) is 0 Å². The second-order valence-corrected chi connectivity index (χ2v) is 4.36. The second-order valence-electron chi connectivity index (χ2n) is 4.36. The van der Waals surface area contributed by atoms with Crippen LogP contribution in [0.25, 0.3) is 0 Å². The molecule has 1 fully saturated rings. The fourth-order valence-electron chi connectivity index (χ4n) is 1.90. The number of hydrogen-bond donors (Lipinski definition) is 0. The van der Waals surface area contributed by atoms with E-state index in [0.29, 0.717) is 25.6 Å². The maximum Gasteiger partial charge on any atom is 0.159 e. The Bertz CT molecular complexity index is 436. The molecule has 90 valence electrons. The highest BCUT2D eigenvalue weighted by molar-refractivity contribution is 5.18. The van der Waals surface area contributed by atoms with E-state index < -0.39 is 11.6 Å². The van der Waals surface area contributed by atoms with Crippen LogP contribution in [0, 0.1) is 23.0 Å². The van der Waals surface area contributed by atoms with Crippen molar-refractivity contribution in [2.24, 2.45) is 0 Å². The first kappa shape index (κ1) is 12.0. The topological polar surface area (TPSA) is 27.0 Å². The fourth-order valence-corrected chi connectivity index (χ4v) is 1.90. The second kappa shape index (κ2) is 5.24. The van der Waals surface area contributed by atoms with Gasteiger partial charge in [-0.05, 0) is 30.5 Å². The van der Waals surface area contributed by atoms with E-state index in [4.69, 9.17) is 5.26 Å². The summed E-state index contributed by atoms with van der Waals surface area (Å²) in [6, 6.07) is 6.61. The third-order valence-electron chi connectivity index (χ3n) is 2.94. The lowest BCUT2D eigenvalue weighted by Gasteiger charge is -2.20. The van der Waals surface area contributed by atoms with Gasteiger partial charge in [-0.25, -0.2) is 8.78 Å². The molecule has 1 aromatic carbocycles. The Balaban J connectivity index is 2.01. The molecule has 2 rings (SSSR count). The molecule has 0 N–H and O–H groups in total. The molecule has 1 saturated carbocycles. The summed E-state index contributed by atoms with van der Waals surface area (Å²) < 4.78 is 25.8. The van der Waals surface area contributed by atoms with Crippen LogP contribution in [0.4, 0.5) is 8.78 Å². The molecule has 0 heterocycles. The molecular formula is C13H14F2N2. The minimum atomic E-state index is -0.816. The van der Waals surface area contributed by atoms with Crippen molar-refractivity contribution >= 4 is 0 Å². The van der Waals surface area contributed by atoms with E-state index in [1.807, 2.05) is 0 Å². The Labute approximate surface area is 99.5 Å². The summed E-state index contributed by atoms with van der Waals surface area (Å²) in [6.45, 7) is 1.28. The van der Waals surface area contributed by atoms with Crippen LogP contribution in [-0.4, -0.2) is 17.5 Å². The highest BCUT2D eigenvalue weighted by Crippen LogP contribution is 2.28. The van der Waals surface area contributed by atoms with Crippen LogP contribution in [-0.2, 0) is 6.54 Å². The van der Waals surface area contributed by atoms with Crippen molar-refractivity contribution in [2.75, 3.05) is 6.54 Å². The van der Waals surface area contributed by atoms with Crippen LogP contribution >= 0.6 is 0 Å². The van der Waals surface area contributed by atoms with E-state index >= 15 is 0 Å². The van der Waals surface area contributed by atoms with Gasteiger partial charge in [-0.1, -0.05) is 6.07 Å². The first-order valence-corrected chi connectivity index (χ1v) is 5.75. The predicted molar refractivity (Wildman–Crippen MR) is 60.0 cm³/mol. The number of benzene rings is 1. The molecule has 0 aliphatic heterocycles. The van der Waals surface area contributed by atoms with Crippen molar-refractivity contribution in [1.82, 2.24) is 4.90 Å². The minimum Gasteiger partial charge on any atom is -0.295 e. The summed E-state index contributed by atoms with van der Waals surface area (Å²) in [5.41, 5.74) is 0.758. The van der Waals surface area contributed by atoms with E-state index in [2.05, 4.69) is 11.0 Å². The first-order chi connectivity index (χ1) is 8.20. The van der Waals surface area contributed by atoms with Crippen LogP contribution in [0.3, 0.4) is 0 Å². The molecule has 0 unspecified atom stereocenters. The largest absolute Gasteiger partial charge is 0.295 e. The molecule has 0 amide bonds. The quantitative estimate of drug-likeness (QED) is 0.786. The number of hydrogen-bond acceptors (Lipinski definition) is 2. The number of nitrogens with zero attached hydrogens (tertiary/aromatic N) is 2. The van der Waals surface area contributed by atoms with Crippen LogP contribution < -0.4 is 0 Å². The van der Waals surface area contributed by atoms with Gasteiger partial charge in [0.05, 0.1) is 6.07 Å². The van der Waals surface area contributed by atoms with E-state index in [1.54, 1.807) is 6.07 Å². The Hall–Kier alpha value is -1.47. The predicted octanol–water partition coefficient (Wildman–Crippen LogP) is 2.84. The van der Waals surface area contributed by atoms with E-state index in [9.17, 15) is 8.78 Å². The van der Waals surface area contributed by atoms with Gasteiger partial charge in [0.1, 0.15) is 0 Å². The zero-order valence-electron chi connectivity index (χ0n) is 9.50. The minimum absolute atomic E-state index is 0.472. The van der Waals surface area contributed by atoms with E-state index in [-0.39, 0.29) is 0 Å². The Morgan fingerprint density at radius 1 is 1.29 bits per heavy atom. The van der Waals surface area contributed by atoms with Gasteiger partial charge in [0, 0.05) is 25.6 Å². The van der Waals surface area contributed by atoms with Gasteiger partial charge >= 0.3 is 0 Å². The number of nitriles is 1. The van der Waals surface area contributed by atoms with Crippen LogP contribution in [0.1, 0.15) is 24.8 Å². The molecule has 0 atom stereocenters. The van der Waals surface area contributed by atoms with Gasteiger partial charge in [0.25, 0.3) is 0 Å². The molecule has 1 aliphatic carbocycles. The third-order valence-corrected chi connectivity index (χ3v) is 2.94. The van der Waals surface area contributed by atoms with Gasteiger partial charge in [0.15, 0.2) is 11.6 Å². The van der Waals surface area contributed by atoms with E-state index in [0.717, 1.165) is 24.5 Å². The third kappa shape index (κ3) is 3.24. The Kier molecular flexibility index (Phi) is 3.70. The van der Waals surface area contributed by atoms with E-state index in [1.165, 1.54) is 6.07 Å². The molecule has 0 saturated heterocycles. The average Bonchev–Trinajstić information content (AvgIpc) is 3.13. The maximum absolute atomic E-state index is 13.1.